The smallest absolute Gasteiger partial charge is 0.330 e. The normalized spacial score (nSPS) is 13.9. The number of phenols is 1. The fraction of sp³-hybridized carbons (Fsp3) is 0.357. The molecule has 116 valence electrons. The molecule has 0 radical (unpaired) electrons. The van der Waals surface area contributed by atoms with Gasteiger partial charge in [0.25, 0.3) is 0 Å². The van der Waals surface area contributed by atoms with Gasteiger partial charge in [-0.1, -0.05) is 6.07 Å². The van der Waals surface area contributed by atoms with Crippen LogP contribution in [0, 0.1) is 0 Å². The maximum absolute atomic E-state index is 11.4. The van der Waals surface area contributed by atoms with E-state index in [1.165, 1.54) is 25.3 Å². The van der Waals surface area contributed by atoms with E-state index in [1.807, 2.05) is 0 Å². The van der Waals surface area contributed by atoms with Crippen molar-refractivity contribution in [2.24, 2.45) is 0 Å². The van der Waals surface area contributed by atoms with E-state index < -0.39 is 31.4 Å². The molecule has 4 N–H and O–H groups in total. The van der Waals surface area contributed by atoms with Crippen LogP contribution in [0.3, 0.4) is 0 Å². The van der Waals surface area contributed by atoms with Gasteiger partial charge in [-0.3, -0.25) is 0 Å². The number of hydrogen-bond donors (Lipinski definition) is 4. The summed E-state index contributed by atoms with van der Waals surface area (Å²) in [4.78, 5) is 11.4. The first-order chi connectivity index (χ1) is 9.97. The van der Waals surface area contributed by atoms with Crippen molar-refractivity contribution >= 4 is 12.0 Å². The van der Waals surface area contributed by atoms with Crippen LogP contribution >= 0.6 is 0 Å². The summed E-state index contributed by atoms with van der Waals surface area (Å²) in [7, 11) is 1.41. The Morgan fingerprint density at radius 2 is 2.05 bits per heavy atom. The monoisotopic (exact) mass is 298 g/mol. The van der Waals surface area contributed by atoms with E-state index in [0.29, 0.717) is 5.56 Å². The topological polar surface area (TPSA) is 116 Å². The molecule has 0 heterocycles. The summed E-state index contributed by atoms with van der Waals surface area (Å²) in [5.74, 6) is -0.462. The first-order valence-electron chi connectivity index (χ1n) is 6.16. The van der Waals surface area contributed by atoms with E-state index >= 15 is 0 Å². The van der Waals surface area contributed by atoms with E-state index in [9.17, 15) is 15.0 Å². The lowest BCUT2D eigenvalue weighted by Crippen LogP contribution is -2.33. The van der Waals surface area contributed by atoms with Crippen molar-refractivity contribution in [1.29, 1.82) is 0 Å². The van der Waals surface area contributed by atoms with Gasteiger partial charge in [-0.15, -0.1) is 0 Å². The molecule has 0 fully saturated rings. The molecule has 0 aliphatic rings. The van der Waals surface area contributed by atoms with Gasteiger partial charge in [0.1, 0.15) is 18.8 Å². The molecule has 0 aromatic heterocycles. The molecule has 0 bridgehead atoms. The fourth-order valence-corrected chi connectivity index (χ4v) is 1.41. The minimum Gasteiger partial charge on any atom is -0.504 e. The highest BCUT2D eigenvalue weighted by Crippen LogP contribution is 2.26. The molecule has 7 nitrogen and oxygen atoms in total. The van der Waals surface area contributed by atoms with Crippen molar-refractivity contribution in [2.75, 3.05) is 20.3 Å². The predicted molar refractivity (Wildman–Crippen MR) is 73.8 cm³/mol. The zero-order valence-electron chi connectivity index (χ0n) is 11.5. The quantitative estimate of drug-likeness (QED) is 0.402. The Bertz CT molecular complexity index is 498. The molecule has 2 atom stereocenters. The van der Waals surface area contributed by atoms with E-state index in [0.717, 1.165) is 6.08 Å². The third-order valence-electron chi connectivity index (χ3n) is 2.64. The number of carbonyl (C=O) groups excluding carboxylic acids is 1. The first kappa shape index (κ1) is 17.0. The second-order valence-corrected chi connectivity index (χ2v) is 4.21. The SMILES string of the molecule is COc1cc(/C=C/C(=O)OCC(O)C(O)CO)ccc1O. The van der Waals surface area contributed by atoms with Gasteiger partial charge in [0.15, 0.2) is 11.5 Å². The summed E-state index contributed by atoms with van der Waals surface area (Å²) in [6, 6.07) is 4.53. The summed E-state index contributed by atoms with van der Waals surface area (Å²) >= 11 is 0. The molecule has 1 aromatic rings. The lowest BCUT2D eigenvalue weighted by atomic mass is 10.2. The third kappa shape index (κ3) is 5.42. The highest BCUT2D eigenvalue weighted by Gasteiger charge is 2.16. The number of rotatable bonds is 7. The largest absolute Gasteiger partial charge is 0.504 e. The van der Waals surface area contributed by atoms with E-state index in [-0.39, 0.29) is 11.5 Å². The first-order valence-corrected chi connectivity index (χ1v) is 6.16. The highest BCUT2D eigenvalue weighted by atomic mass is 16.5. The second kappa shape index (κ2) is 8.25. The molecule has 0 saturated carbocycles. The number of hydrogen-bond acceptors (Lipinski definition) is 7. The predicted octanol–water partition coefficient (Wildman–Crippen LogP) is -0.329. The molecule has 0 aliphatic heterocycles. The molecule has 0 spiro atoms. The lowest BCUT2D eigenvalue weighted by molar-refractivity contribution is -0.143. The maximum Gasteiger partial charge on any atom is 0.330 e. The number of aromatic hydroxyl groups is 1. The lowest BCUT2D eigenvalue weighted by Gasteiger charge is -2.14. The Kier molecular flexibility index (Phi) is 6.67. The van der Waals surface area contributed by atoms with Crippen molar-refractivity contribution < 1.29 is 34.7 Å². The zero-order chi connectivity index (χ0) is 15.8. The van der Waals surface area contributed by atoms with Crippen molar-refractivity contribution in [3.63, 3.8) is 0 Å². The number of phenolic OH excluding ortho intramolecular Hbond substituents is 1. The summed E-state index contributed by atoms with van der Waals surface area (Å²) in [6.07, 6.45) is -0.132. The van der Waals surface area contributed by atoms with Crippen molar-refractivity contribution in [2.45, 2.75) is 12.2 Å². The Hall–Kier alpha value is -2.09. The standard InChI is InChI=1S/C14H18O7/c1-20-13-6-9(2-4-10(13)16)3-5-14(19)21-8-12(18)11(17)7-15/h2-6,11-12,15-18H,7-8H2,1H3/b5-3+. The molecular formula is C14H18O7. The number of methoxy groups -OCH3 is 1. The van der Waals surface area contributed by atoms with Crippen LogP contribution in [0.1, 0.15) is 5.56 Å². The van der Waals surface area contributed by atoms with Gasteiger partial charge in [-0.2, -0.15) is 0 Å². The molecule has 0 saturated heterocycles. The number of ether oxygens (including phenoxy) is 2. The Morgan fingerprint density at radius 3 is 2.67 bits per heavy atom. The number of aliphatic hydroxyl groups excluding tert-OH is 3. The van der Waals surface area contributed by atoms with Crippen LogP contribution < -0.4 is 4.74 Å². The van der Waals surface area contributed by atoms with E-state index in [2.05, 4.69) is 0 Å². The van der Waals surface area contributed by atoms with Crippen molar-refractivity contribution in [3.05, 3.63) is 29.8 Å². The zero-order valence-corrected chi connectivity index (χ0v) is 11.5. The van der Waals surface area contributed by atoms with Crippen LogP contribution in [0.25, 0.3) is 6.08 Å². The number of carbonyl (C=O) groups is 1. The van der Waals surface area contributed by atoms with Crippen LogP contribution in [-0.4, -0.2) is 58.9 Å². The number of aliphatic hydroxyl groups is 3. The molecule has 0 amide bonds. The van der Waals surface area contributed by atoms with Crippen LogP contribution in [0.4, 0.5) is 0 Å². The summed E-state index contributed by atoms with van der Waals surface area (Å²) in [6.45, 7) is -1.05. The molecule has 7 heteroatoms. The van der Waals surface area contributed by atoms with Gasteiger partial charge < -0.3 is 29.9 Å². The summed E-state index contributed by atoms with van der Waals surface area (Å²) < 4.78 is 9.63. The molecular weight excluding hydrogens is 280 g/mol. The van der Waals surface area contributed by atoms with Gasteiger partial charge in [0.2, 0.25) is 0 Å². The minimum atomic E-state index is -1.36. The Balaban J connectivity index is 2.54. The van der Waals surface area contributed by atoms with Crippen LogP contribution in [0.15, 0.2) is 24.3 Å². The minimum absolute atomic E-state index is 0.0154. The van der Waals surface area contributed by atoms with Gasteiger partial charge in [-0.25, -0.2) is 4.79 Å². The average Bonchev–Trinajstić information content (AvgIpc) is 2.50. The summed E-state index contributed by atoms with van der Waals surface area (Å²) in [5, 5.41) is 36.4. The van der Waals surface area contributed by atoms with Gasteiger partial charge in [0, 0.05) is 6.08 Å². The second-order valence-electron chi connectivity index (χ2n) is 4.21. The summed E-state index contributed by atoms with van der Waals surface area (Å²) in [5.41, 5.74) is 0.609. The number of esters is 1. The maximum atomic E-state index is 11.4. The van der Waals surface area contributed by atoms with Gasteiger partial charge in [-0.05, 0) is 23.8 Å². The van der Waals surface area contributed by atoms with Crippen LogP contribution in [0.2, 0.25) is 0 Å². The van der Waals surface area contributed by atoms with E-state index in [1.54, 1.807) is 6.07 Å². The third-order valence-corrected chi connectivity index (χ3v) is 2.64. The highest BCUT2D eigenvalue weighted by molar-refractivity contribution is 5.87. The average molecular weight is 298 g/mol. The molecule has 1 aromatic carbocycles. The molecule has 0 aliphatic carbocycles. The Labute approximate surface area is 121 Å². The van der Waals surface area contributed by atoms with Crippen molar-refractivity contribution in [1.82, 2.24) is 0 Å². The number of benzene rings is 1. The van der Waals surface area contributed by atoms with E-state index in [4.69, 9.17) is 19.7 Å². The van der Waals surface area contributed by atoms with Gasteiger partial charge >= 0.3 is 5.97 Å². The van der Waals surface area contributed by atoms with Crippen LogP contribution in [-0.2, 0) is 9.53 Å². The molecule has 2 unspecified atom stereocenters. The molecule has 1 rings (SSSR count). The van der Waals surface area contributed by atoms with Gasteiger partial charge in [0.05, 0.1) is 13.7 Å². The van der Waals surface area contributed by atoms with Crippen LogP contribution in [0.5, 0.6) is 11.5 Å². The molecule has 21 heavy (non-hydrogen) atoms. The van der Waals surface area contributed by atoms with Crippen molar-refractivity contribution in [3.8, 4) is 11.5 Å². The Morgan fingerprint density at radius 1 is 1.33 bits per heavy atom. The fourth-order valence-electron chi connectivity index (χ4n) is 1.41.